The van der Waals surface area contributed by atoms with Crippen LogP contribution in [0.25, 0.3) is 27.6 Å². The first-order valence-electron chi connectivity index (χ1n) is 10.4. The summed E-state index contributed by atoms with van der Waals surface area (Å²) in [4.78, 5) is 31.7. The van der Waals surface area contributed by atoms with E-state index in [4.69, 9.17) is 0 Å². The molecule has 1 atom stereocenters. The van der Waals surface area contributed by atoms with Crippen LogP contribution >= 0.6 is 0 Å². The van der Waals surface area contributed by atoms with E-state index in [1.54, 1.807) is 10.9 Å². The number of pyridine rings is 1. The molecule has 5 rings (SSSR count). The van der Waals surface area contributed by atoms with Crippen LogP contribution in [-0.4, -0.2) is 38.6 Å². The molecule has 8 nitrogen and oxygen atoms in total. The fourth-order valence-corrected chi connectivity index (χ4v) is 4.05. The summed E-state index contributed by atoms with van der Waals surface area (Å²) < 4.78 is 1.77. The molecule has 8 heteroatoms. The Labute approximate surface area is 184 Å². The van der Waals surface area contributed by atoms with Crippen molar-refractivity contribution in [1.29, 1.82) is 0 Å². The van der Waals surface area contributed by atoms with Gasteiger partial charge in [-0.3, -0.25) is 9.36 Å². The summed E-state index contributed by atoms with van der Waals surface area (Å²) in [5, 5.41) is 5.01. The third-order valence-electron chi connectivity index (χ3n) is 5.56. The van der Waals surface area contributed by atoms with Gasteiger partial charge in [-0.15, -0.1) is 0 Å². The second kappa shape index (κ2) is 7.81. The zero-order chi connectivity index (χ0) is 22.2. The molecule has 0 saturated carbocycles. The van der Waals surface area contributed by atoms with Crippen molar-refractivity contribution in [1.82, 2.24) is 24.5 Å². The SMILES string of the molecule is C[C@@H](Nc1ncnc2[nH]cnc12)c1cc2cccc(N(C)C)c2c(=O)n1-c1ccccc1. The molecule has 5 aromatic rings. The quantitative estimate of drug-likeness (QED) is 0.444. The molecular weight excluding hydrogens is 402 g/mol. The summed E-state index contributed by atoms with van der Waals surface area (Å²) in [7, 11) is 3.90. The van der Waals surface area contributed by atoms with Crippen LogP contribution in [0.1, 0.15) is 18.7 Å². The molecule has 0 bridgehead atoms. The number of nitrogens with one attached hydrogen (secondary N) is 2. The third kappa shape index (κ3) is 3.26. The lowest BCUT2D eigenvalue weighted by molar-refractivity contribution is 0.774. The molecular formula is C24H23N7O. The maximum Gasteiger partial charge on any atom is 0.265 e. The van der Waals surface area contributed by atoms with Crippen LogP contribution in [0.15, 0.2) is 72.0 Å². The molecule has 0 radical (unpaired) electrons. The van der Waals surface area contributed by atoms with Crippen molar-refractivity contribution in [2.75, 3.05) is 24.3 Å². The molecule has 0 aliphatic heterocycles. The second-order valence-electron chi connectivity index (χ2n) is 7.87. The lowest BCUT2D eigenvalue weighted by Gasteiger charge is -2.23. The van der Waals surface area contributed by atoms with E-state index in [-0.39, 0.29) is 11.6 Å². The predicted molar refractivity (Wildman–Crippen MR) is 128 cm³/mol. The van der Waals surface area contributed by atoms with Gasteiger partial charge >= 0.3 is 0 Å². The van der Waals surface area contributed by atoms with Crippen molar-refractivity contribution in [3.05, 3.63) is 83.3 Å². The van der Waals surface area contributed by atoms with E-state index in [0.29, 0.717) is 22.4 Å². The molecule has 0 spiro atoms. The van der Waals surface area contributed by atoms with Crippen LogP contribution in [0.3, 0.4) is 0 Å². The Hall–Kier alpha value is -4.20. The van der Waals surface area contributed by atoms with E-state index in [0.717, 1.165) is 22.5 Å². The summed E-state index contributed by atoms with van der Waals surface area (Å²) in [6.07, 6.45) is 3.08. The second-order valence-corrected chi connectivity index (χ2v) is 7.87. The first-order valence-corrected chi connectivity index (χ1v) is 10.4. The van der Waals surface area contributed by atoms with Gasteiger partial charge in [0.05, 0.1) is 17.8 Å². The average Bonchev–Trinajstić information content (AvgIpc) is 3.29. The third-order valence-corrected chi connectivity index (χ3v) is 5.56. The molecule has 2 N–H and O–H groups in total. The number of imidazole rings is 1. The average molecular weight is 425 g/mol. The van der Waals surface area contributed by atoms with Crippen molar-refractivity contribution in [2.24, 2.45) is 0 Å². The minimum atomic E-state index is -0.231. The highest BCUT2D eigenvalue weighted by molar-refractivity contribution is 5.94. The van der Waals surface area contributed by atoms with Crippen LogP contribution in [-0.2, 0) is 0 Å². The van der Waals surface area contributed by atoms with Crippen LogP contribution in [0.2, 0.25) is 0 Å². The summed E-state index contributed by atoms with van der Waals surface area (Å²) >= 11 is 0. The Morgan fingerprint density at radius 2 is 1.84 bits per heavy atom. The Morgan fingerprint density at radius 3 is 2.62 bits per heavy atom. The van der Waals surface area contributed by atoms with Crippen LogP contribution in [0.5, 0.6) is 0 Å². The molecule has 32 heavy (non-hydrogen) atoms. The minimum absolute atomic E-state index is 0.0609. The minimum Gasteiger partial charge on any atom is -0.377 e. The number of fused-ring (bicyclic) bond motifs is 2. The van der Waals surface area contributed by atoms with Gasteiger partial charge in [0.25, 0.3) is 5.56 Å². The van der Waals surface area contributed by atoms with Crippen LogP contribution in [0.4, 0.5) is 11.5 Å². The number of benzene rings is 2. The summed E-state index contributed by atoms with van der Waals surface area (Å²) in [5.74, 6) is 0.609. The first kappa shape index (κ1) is 19.7. The topological polar surface area (TPSA) is 91.7 Å². The van der Waals surface area contributed by atoms with Gasteiger partial charge in [0, 0.05) is 31.2 Å². The van der Waals surface area contributed by atoms with E-state index in [1.807, 2.05) is 74.4 Å². The molecule has 3 aromatic heterocycles. The van der Waals surface area contributed by atoms with Gasteiger partial charge in [-0.2, -0.15) is 0 Å². The molecule has 160 valence electrons. The molecule has 0 saturated heterocycles. The molecule has 0 amide bonds. The highest BCUT2D eigenvalue weighted by Gasteiger charge is 2.20. The van der Waals surface area contributed by atoms with Gasteiger partial charge in [0.15, 0.2) is 11.5 Å². The van der Waals surface area contributed by atoms with Gasteiger partial charge < -0.3 is 15.2 Å². The predicted octanol–water partition coefficient (Wildman–Crippen LogP) is 3.90. The zero-order valence-electron chi connectivity index (χ0n) is 18.1. The van der Waals surface area contributed by atoms with E-state index in [1.165, 1.54) is 6.33 Å². The molecule has 0 fully saturated rings. The number of nitrogens with zero attached hydrogens (tertiary/aromatic N) is 5. The zero-order valence-corrected chi connectivity index (χ0v) is 18.1. The van der Waals surface area contributed by atoms with Gasteiger partial charge in [-0.1, -0.05) is 30.3 Å². The monoisotopic (exact) mass is 425 g/mol. The molecule has 0 aliphatic carbocycles. The number of rotatable bonds is 5. The number of hydrogen-bond acceptors (Lipinski definition) is 6. The van der Waals surface area contributed by atoms with Gasteiger partial charge in [-0.05, 0) is 36.6 Å². The van der Waals surface area contributed by atoms with Crippen molar-refractivity contribution >= 4 is 33.4 Å². The number of H-pyrrole nitrogens is 1. The van der Waals surface area contributed by atoms with Crippen molar-refractivity contribution in [3.63, 3.8) is 0 Å². The van der Waals surface area contributed by atoms with E-state index in [2.05, 4.69) is 31.3 Å². The van der Waals surface area contributed by atoms with E-state index >= 15 is 0 Å². The molecule has 2 aromatic carbocycles. The van der Waals surface area contributed by atoms with Crippen LogP contribution < -0.4 is 15.8 Å². The smallest absolute Gasteiger partial charge is 0.265 e. The Kier molecular flexibility index (Phi) is 4.82. The van der Waals surface area contributed by atoms with Crippen molar-refractivity contribution in [3.8, 4) is 5.69 Å². The number of anilines is 2. The Morgan fingerprint density at radius 1 is 1.03 bits per heavy atom. The summed E-state index contributed by atoms with van der Waals surface area (Å²) in [6, 6.07) is 17.5. The Bertz CT molecular complexity index is 1470. The van der Waals surface area contributed by atoms with Crippen molar-refractivity contribution < 1.29 is 0 Å². The fourth-order valence-electron chi connectivity index (χ4n) is 4.05. The van der Waals surface area contributed by atoms with Crippen LogP contribution in [0, 0.1) is 0 Å². The number of hydrogen-bond donors (Lipinski definition) is 2. The molecule has 0 unspecified atom stereocenters. The number of aromatic nitrogens is 5. The van der Waals surface area contributed by atoms with E-state index in [9.17, 15) is 4.79 Å². The van der Waals surface area contributed by atoms with Gasteiger partial charge in [0.2, 0.25) is 0 Å². The largest absolute Gasteiger partial charge is 0.377 e. The normalized spacial score (nSPS) is 12.2. The molecule has 0 aliphatic rings. The first-order chi connectivity index (χ1) is 15.5. The van der Waals surface area contributed by atoms with Gasteiger partial charge in [0.1, 0.15) is 11.8 Å². The standard InChI is InChI=1S/C24H23N7O/c1-15(29-23-21-22(26-13-25-21)27-14-28-23)19-12-16-8-7-11-18(30(2)3)20(16)24(32)31(19)17-9-5-4-6-10-17/h4-15H,1-3H3,(H2,25,26,27,28,29)/t15-/m1/s1. The Balaban J connectivity index is 1.73. The maximum atomic E-state index is 13.9. The number of para-hydroxylation sites is 1. The maximum absolute atomic E-state index is 13.9. The molecule has 3 heterocycles. The summed E-state index contributed by atoms with van der Waals surface area (Å²) in [5.41, 5.74) is 3.77. The van der Waals surface area contributed by atoms with E-state index < -0.39 is 0 Å². The lowest BCUT2D eigenvalue weighted by Crippen LogP contribution is -2.27. The fraction of sp³-hybridized carbons (Fsp3) is 0.167. The summed E-state index contributed by atoms with van der Waals surface area (Å²) in [6.45, 7) is 2.01. The highest BCUT2D eigenvalue weighted by atomic mass is 16.1. The number of aromatic amines is 1. The van der Waals surface area contributed by atoms with Crippen molar-refractivity contribution in [2.45, 2.75) is 13.0 Å². The van der Waals surface area contributed by atoms with Gasteiger partial charge in [-0.25, -0.2) is 15.0 Å². The highest BCUT2D eigenvalue weighted by Crippen LogP contribution is 2.28. The lowest BCUT2D eigenvalue weighted by atomic mass is 10.1.